The Kier molecular flexibility index (Phi) is 2.91. The molecule has 0 N–H and O–H groups in total. The van der Waals surface area contributed by atoms with Crippen LogP contribution in [-0.2, 0) is 0 Å². The Morgan fingerprint density at radius 2 is 1.47 bits per heavy atom. The molecule has 2 rings (SSSR count). The minimum Gasteiger partial charge on any atom is -0.175 e. The van der Waals surface area contributed by atoms with Crippen molar-refractivity contribution in [3.8, 4) is 0 Å². The van der Waals surface area contributed by atoms with E-state index in [9.17, 15) is 0 Å². The molecule has 0 spiro atoms. The fourth-order valence-electron chi connectivity index (χ4n) is 2.62. The molecule has 0 radical (unpaired) electrons. The van der Waals surface area contributed by atoms with Crippen LogP contribution in [0.4, 0.5) is 0 Å². The lowest BCUT2D eigenvalue weighted by molar-refractivity contribution is 1.73. The molecule has 0 aromatic heterocycles. The number of benzene rings is 1. The Hall–Kier alpha value is -0.736. The quantitative estimate of drug-likeness (QED) is 0.570. The van der Waals surface area contributed by atoms with E-state index >= 15 is 0 Å². The van der Waals surface area contributed by atoms with Crippen molar-refractivity contribution in [2.45, 2.75) is 39.3 Å². The van der Waals surface area contributed by atoms with Gasteiger partial charge < -0.3 is 0 Å². The van der Waals surface area contributed by atoms with Crippen molar-refractivity contribution in [2.24, 2.45) is 0 Å². The first-order valence-electron chi connectivity index (χ1n) is 6.40. The van der Waals surface area contributed by atoms with Gasteiger partial charge in [-0.25, -0.2) is 0 Å². The van der Waals surface area contributed by atoms with E-state index in [1.54, 1.807) is 10.4 Å². The Morgan fingerprint density at radius 1 is 0.882 bits per heavy atom. The minimum atomic E-state index is -1.27. The fourth-order valence-corrected chi connectivity index (χ4v) is 8.26. The van der Waals surface area contributed by atoms with Crippen LogP contribution in [0.3, 0.4) is 0 Å². The van der Waals surface area contributed by atoms with Crippen molar-refractivity contribution < 1.29 is 0 Å². The lowest BCUT2D eigenvalue weighted by Gasteiger charge is -2.31. The monoisotopic (exact) mass is 259 g/mol. The Morgan fingerprint density at radius 3 is 2.00 bits per heavy atom. The predicted octanol–water partition coefficient (Wildman–Crippen LogP) is 3.65. The lowest BCUT2D eigenvalue weighted by Crippen LogP contribution is -2.54. The summed E-state index contributed by atoms with van der Waals surface area (Å²) < 4.78 is 0. The second-order valence-electron chi connectivity index (χ2n) is 7.02. The maximum atomic E-state index is 2.47. The van der Waals surface area contributed by atoms with Gasteiger partial charge in [0.2, 0.25) is 0 Å². The predicted molar refractivity (Wildman–Crippen MR) is 85.5 cm³/mol. The summed E-state index contributed by atoms with van der Waals surface area (Å²) in [4.78, 5) is 0. The number of fused-ring (bicyclic) bond motifs is 1. The molecule has 0 unspecified atom stereocenters. The summed E-state index contributed by atoms with van der Waals surface area (Å²) in [6, 6.07) is 11.4. The van der Waals surface area contributed by atoms with Gasteiger partial charge in [0.15, 0.2) is 0 Å². The van der Waals surface area contributed by atoms with Crippen molar-refractivity contribution in [1.29, 1.82) is 0 Å². The van der Waals surface area contributed by atoms with Crippen LogP contribution < -0.4 is 10.4 Å². The van der Waals surface area contributed by atoms with Crippen LogP contribution in [0.2, 0.25) is 39.3 Å². The highest BCUT2D eigenvalue weighted by atomic mass is 28.3. The average Bonchev–Trinajstić information content (AvgIpc) is 2.54. The molecule has 0 heterocycles. The van der Waals surface area contributed by atoms with Crippen molar-refractivity contribution in [2.75, 3.05) is 0 Å². The second-order valence-corrected chi connectivity index (χ2v) is 17.1. The van der Waals surface area contributed by atoms with Crippen LogP contribution >= 0.6 is 0 Å². The molecule has 0 aliphatic rings. The summed E-state index contributed by atoms with van der Waals surface area (Å²) in [7, 11) is -2.50. The maximum absolute atomic E-state index is 2.47. The lowest BCUT2D eigenvalue weighted by atomic mass is 10.2. The molecule has 0 amide bonds. The van der Waals surface area contributed by atoms with Gasteiger partial charge in [-0.2, -0.15) is 27.2 Å². The zero-order valence-corrected chi connectivity index (χ0v) is 13.9. The second kappa shape index (κ2) is 3.89. The topological polar surface area (TPSA) is 0 Å². The normalized spacial score (nSPS) is 13.3. The molecule has 2 heteroatoms. The molecule has 0 nitrogen and oxygen atoms in total. The minimum absolute atomic E-state index is 1.24. The summed E-state index contributed by atoms with van der Waals surface area (Å²) >= 11 is 0. The van der Waals surface area contributed by atoms with Gasteiger partial charge in [-0.05, 0) is 0 Å². The van der Waals surface area contributed by atoms with E-state index in [0.717, 1.165) is 0 Å². The van der Waals surface area contributed by atoms with Gasteiger partial charge in [0.05, 0.1) is 8.07 Å². The third-order valence-electron chi connectivity index (χ3n) is 3.36. The Bertz CT molecular complexity index is 536. The number of hydrogen-bond acceptors (Lipinski definition) is 0. The highest BCUT2D eigenvalue weighted by Crippen LogP contribution is 2.19. The van der Waals surface area contributed by atoms with Gasteiger partial charge in [0.1, 0.15) is 0 Å². The van der Waals surface area contributed by atoms with Gasteiger partial charge in [0, 0.05) is 8.07 Å². The smallest absolute Gasteiger partial charge is 0.0511 e. The molecular weight excluding hydrogens is 236 g/mol. The molecule has 0 aliphatic heterocycles. The van der Waals surface area contributed by atoms with Crippen LogP contribution in [0.5, 0.6) is 0 Å². The molecule has 0 bridgehead atoms. The molecule has 0 atom stereocenters. The molecule has 0 saturated carbocycles. The Labute approximate surface area is 107 Å². The first-order chi connectivity index (χ1) is 7.71. The highest BCUT2D eigenvalue weighted by Gasteiger charge is 2.23. The molecular formula is C15H23Si2-. The SMILES string of the molecule is C[Si](C)(C)c1c2ccccc2c[c-]1[Si](C)(C)C. The average molecular weight is 260 g/mol. The van der Waals surface area contributed by atoms with E-state index < -0.39 is 16.1 Å². The molecule has 0 saturated heterocycles. The van der Waals surface area contributed by atoms with E-state index in [1.807, 2.05) is 0 Å². The van der Waals surface area contributed by atoms with Crippen LogP contribution in [0.15, 0.2) is 30.3 Å². The third-order valence-corrected chi connectivity index (χ3v) is 7.66. The zero-order valence-electron chi connectivity index (χ0n) is 11.9. The van der Waals surface area contributed by atoms with Crippen molar-refractivity contribution in [1.82, 2.24) is 0 Å². The van der Waals surface area contributed by atoms with Gasteiger partial charge >= 0.3 is 0 Å². The van der Waals surface area contributed by atoms with Crippen molar-refractivity contribution in [3.05, 3.63) is 30.3 Å². The summed E-state index contributed by atoms with van der Waals surface area (Å²) in [6.07, 6.45) is 0. The summed E-state index contributed by atoms with van der Waals surface area (Å²) in [5.74, 6) is 0. The highest BCUT2D eigenvalue weighted by molar-refractivity contribution is 7.00. The number of rotatable bonds is 2. The standard InChI is InChI=1S/C15H23Si2/c1-16(2,3)14-11-12-9-7-8-10-13(12)15(14)17(4,5)6/h7-11H,1-6H3/q-1. The number of hydrogen-bond donors (Lipinski definition) is 0. The molecule has 0 fully saturated rings. The van der Waals surface area contributed by atoms with E-state index in [-0.39, 0.29) is 0 Å². The van der Waals surface area contributed by atoms with E-state index in [0.29, 0.717) is 0 Å². The van der Waals surface area contributed by atoms with Gasteiger partial charge in [-0.3, -0.25) is 0 Å². The van der Waals surface area contributed by atoms with E-state index in [2.05, 4.69) is 69.6 Å². The summed E-state index contributed by atoms with van der Waals surface area (Å²) in [6.45, 7) is 14.8. The first-order valence-corrected chi connectivity index (χ1v) is 13.4. The molecule has 2 aromatic rings. The van der Waals surface area contributed by atoms with Crippen molar-refractivity contribution in [3.63, 3.8) is 0 Å². The first kappa shape index (κ1) is 12.7. The zero-order chi connectivity index (χ0) is 12.8. The summed E-state index contributed by atoms with van der Waals surface area (Å²) in [5.41, 5.74) is 0. The molecule has 2 aromatic carbocycles. The Balaban J connectivity index is 2.84. The van der Waals surface area contributed by atoms with Gasteiger partial charge in [-0.1, -0.05) is 51.4 Å². The maximum Gasteiger partial charge on any atom is 0.0511 e. The van der Waals surface area contributed by atoms with Gasteiger partial charge in [-0.15, -0.1) is 12.1 Å². The largest absolute Gasteiger partial charge is 0.175 e. The molecule has 17 heavy (non-hydrogen) atoms. The molecule has 92 valence electrons. The van der Waals surface area contributed by atoms with Crippen LogP contribution in [0.1, 0.15) is 0 Å². The summed E-state index contributed by atoms with van der Waals surface area (Å²) in [5, 5.41) is 6.37. The van der Waals surface area contributed by atoms with Crippen LogP contribution in [0, 0.1) is 0 Å². The van der Waals surface area contributed by atoms with Crippen LogP contribution in [-0.4, -0.2) is 16.1 Å². The van der Waals surface area contributed by atoms with Crippen molar-refractivity contribution >= 4 is 37.3 Å². The third kappa shape index (κ3) is 2.29. The van der Waals surface area contributed by atoms with E-state index in [4.69, 9.17) is 0 Å². The fraction of sp³-hybridized carbons (Fsp3) is 0.400. The van der Waals surface area contributed by atoms with Crippen LogP contribution in [0.25, 0.3) is 10.8 Å². The van der Waals surface area contributed by atoms with Gasteiger partial charge in [0.25, 0.3) is 0 Å². The molecule has 0 aliphatic carbocycles. The van der Waals surface area contributed by atoms with E-state index in [1.165, 1.54) is 10.8 Å².